The number of para-hydroxylation sites is 1. The van der Waals surface area contributed by atoms with Crippen LogP contribution in [0.5, 0.6) is 0 Å². The lowest BCUT2D eigenvalue weighted by Crippen LogP contribution is -2.53. The zero-order chi connectivity index (χ0) is 21.8. The number of nitrogens with one attached hydrogen (secondary N) is 3. The highest BCUT2D eigenvalue weighted by Crippen LogP contribution is 2.29. The van der Waals surface area contributed by atoms with E-state index in [1.54, 1.807) is 6.33 Å². The number of nitrogens with zero attached hydrogens (tertiary/aromatic N) is 3. The largest absolute Gasteiger partial charge is 0.373 e. The number of carbonyl (C=O) groups is 1. The van der Waals surface area contributed by atoms with Crippen molar-refractivity contribution < 1.29 is 4.79 Å². The van der Waals surface area contributed by atoms with E-state index < -0.39 is 0 Å². The summed E-state index contributed by atoms with van der Waals surface area (Å²) in [6, 6.07) is 12.1. The lowest BCUT2D eigenvalue weighted by Gasteiger charge is -2.36. The van der Waals surface area contributed by atoms with Gasteiger partial charge in [0.05, 0.1) is 5.39 Å². The van der Waals surface area contributed by atoms with Gasteiger partial charge in [0.25, 0.3) is 0 Å². The second kappa shape index (κ2) is 9.59. The molecule has 7 heteroatoms. The fourth-order valence-electron chi connectivity index (χ4n) is 5.27. The summed E-state index contributed by atoms with van der Waals surface area (Å²) in [4.78, 5) is 27.8. The SMILES string of the molecule is O=C(N[C@@H]1CCCN(c2ncnc3[nH]ccc23)C1)[C@H](Nc1ccccc1)C1CCCCC1. The van der Waals surface area contributed by atoms with Gasteiger partial charge in [-0.1, -0.05) is 37.5 Å². The molecule has 7 nitrogen and oxygen atoms in total. The first-order chi connectivity index (χ1) is 15.8. The zero-order valence-electron chi connectivity index (χ0n) is 18.5. The number of amides is 1. The molecule has 5 rings (SSSR count). The molecule has 1 aliphatic heterocycles. The fraction of sp³-hybridized carbons (Fsp3) is 0.480. The van der Waals surface area contributed by atoms with Gasteiger partial charge in [-0.3, -0.25) is 4.79 Å². The molecular weight excluding hydrogens is 400 g/mol. The minimum absolute atomic E-state index is 0.115. The molecule has 32 heavy (non-hydrogen) atoms. The molecule has 1 saturated heterocycles. The highest BCUT2D eigenvalue weighted by molar-refractivity contribution is 5.88. The van der Waals surface area contributed by atoms with E-state index in [0.29, 0.717) is 5.92 Å². The molecule has 0 bridgehead atoms. The first kappa shape index (κ1) is 20.8. The molecule has 3 N–H and O–H groups in total. The van der Waals surface area contributed by atoms with E-state index in [2.05, 4.69) is 30.5 Å². The van der Waals surface area contributed by atoms with Gasteiger partial charge in [-0.25, -0.2) is 9.97 Å². The van der Waals surface area contributed by atoms with Crippen LogP contribution >= 0.6 is 0 Å². The van der Waals surface area contributed by atoms with Gasteiger partial charge in [0, 0.05) is 31.0 Å². The summed E-state index contributed by atoms with van der Waals surface area (Å²) in [7, 11) is 0. The predicted octanol–water partition coefficient (Wildman–Crippen LogP) is 4.10. The first-order valence-corrected chi connectivity index (χ1v) is 11.9. The number of carbonyl (C=O) groups excluding carboxylic acids is 1. The van der Waals surface area contributed by atoms with Gasteiger partial charge in [-0.05, 0) is 49.8 Å². The molecule has 3 aromatic rings. The molecule has 1 aliphatic carbocycles. The molecular formula is C25H32N6O. The van der Waals surface area contributed by atoms with Crippen LogP contribution < -0.4 is 15.5 Å². The van der Waals surface area contributed by atoms with E-state index in [9.17, 15) is 4.79 Å². The highest BCUT2D eigenvalue weighted by Gasteiger charge is 2.32. The van der Waals surface area contributed by atoms with Crippen LogP contribution in [0.3, 0.4) is 0 Å². The van der Waals surface area contributed by atoms with Gasteiger partial charge in [-0.15, -0.1) is 0 Å². The number of hydrogen-bond donors (Lipinski definition) is 3. The van der Waals surface area contributed by atoms with Crippen molar-refractivity contribution in [3.8, 4) is 0 Å². The van der Waals surface area contributed by atoms with E-state index in [0.717, 1.165) is 61.3 Å². The Bertz CT molecular complexity index is 1030. The highest BCUT2D eigenvalue weighted by atomic mass is 16.2. The zero-order valence-corrected chi connectivity index (χ0v) is 18.5. The van der Waals surface area contributed by atoms with Gasteiger partial charge in [-0.2, -0.15) is 0 Å². The maximum atomic E-state index is 13.5. The molecule has 1 saturated carbocycles. The molecule has 1 amide bonds. The van der Waals surface area contributed by atoms with E-state index in [-0.39, 0.29) is 18.0 Å². The van der Waals surface area contributed by atoms with E-state index in [1.807, 2.05) is 42.6 Å². The van der Waals surface area contributed by atoms with E-state index in [1.165, 1.54) is 19.3 Å². The Labute approximate surface area is 189 Å². The third-order valence-electron chi connectivity index (χ3n) is 6.90. The van der Waals surface area contributed by atoms with Crippen LogP contribution in [0.4, 0.5) is 11.5 Å². The van der Waals surface area contributed by atoms with Crippen molar-refractivity contribution in [2.75, 3.05) is 23.3 Å². The summed E-state index contributed by atoms with van der Waals surface area (Å²) >= 11 is 0. The average molecular weight is 433 g/mol. The number of piperidine rings is 1. The Hall–Kier alpha value is -3.09. The molecule has 0 spiro atoms. The van der Waals surface area contributed by atoms with Crippen molar-refractivity contribution in [3.63, 3.8) is 0 Å². The summed E-state index contributed by atoms with van der Waals surface area (Å²) < 4.78 is 0. The number of anilines is 2. The Balaban J connectivity index is 1.29. The first-order valence-electron chi connectivity index (χ1n) is 11.9. The number of benzene rings is 1. The summed E-state index contributed by atoms with van der Waals surface area (Å²) in [5.41, 5.74) is 1.87. The summed E-state index contributed by atoms with van der Waals surface area (Å²) in [6.45, 7) is 1.71. The smallest absolute Gasteiger partial charge is 0.243 e. The number of rotatable bonds is 6. The molecule has 2 atom stereocenters. The van der Waals surface area contributed by atoms with Gasteiger partial charge >= 0.3 is 0 Å². The van der Waals surface area contributed by atoms with Crippen molar-refractivity contribution in [1.82, 2.24) is 20.3 Å². The van der Waals surface area contributed by atoms with Gasteiger partial charge in [0.1, 0.15) is 23.8 Å². The third-order valence-corrected chi connectivity index (χ3v) is 6.90. The predicted molar refractivity (Wildman–Crippen MR) is 128 cm³/mol. The maximum absolute atomic E-state index is 13.5. The fourth-order valence-corrected chi connectivity index (χ4v) is 5.27. The Morgan fingerprint density at radius 3 is 2.72 bits per heavy atom. The lowest BCUT2D eigenvalue weighted by atomic mass is 9.83. The topological polar surface area (TPSA) is 85.9 Å². The number of H-pyrrole nitrogens is 1. The van der Waals surface area contributed by atoms with Gasteiger partial charge < -0.3 is 20.5 Å². The maximum Gasteiger partial charge on any atom is 0.243 e. The van der Waals surface area contributed by atoms with Crippen molar-refractivity contribution >= 4 is 28.4 Å². The van der Waals surface area contributed by atoms with Gasteiger partial charge in [0.15, 0.2) is 0 Å². The number of fused-ring (bicyclic) bond motifs is 1. The van der Waals surface area contributed by atoms with Gasteiger partial charge in [0.2, 0.25) is 5.91 Å². The molecule has 2 fully saturated rings. The van der Waals surface area contributed by atoms with E-state index >= 15 is 0 Å². The Morgan fingerprint density at radius 2 is 1.88 bits per heavy atom. The van der Waals surface area contributed by atoms with Crippen LogP contribution in [0.15, 0.2) is 48.9 Å². The van der Waals surface area contributed by atoms with Crippen LogP contribution in [0.1, 0.15) is 44.9 Å². The summed E-state index contributed by atoms with van der Waals surface area (Å²) in [6.07, 6.45) is 11.5. The van der Waals surface area contributed by atoms with Crippen LogP contribution in [0.25, 0.3) is 11.0 Å². The van der Waals surface area contributed by atoms with Crippen molar-refractivity contribution in [3.05, 3.63) is 48.9 Å². The second-order valence-corrected chi connectivity index (χ2v) is 9.12. The van der Waals surface area contributed by atoms with Crippen molar-refractivity contribution in [2.45, 2.75) is 57.0 Å². The monoisotopic (exact) mass is 432 g/mol. The summed E-state index contributed by atoms with van der Waals surface area (Å²) in [5, 5.41) is 7.97. The molecule has 2 aliphatic rings. The van der Waals surface area contributed by atoms with E-state index in [4.69, 9.17) is 0 Å². The molecule has 168 valence electrons. The number of hydrogen-bond acceptors (Lipinski definition) is 5. The average Bonchev–Trinajstić information content (AvgIpc) is 3.33. The number of aromatic nitrogens is 3. The number of aromatic amines is 1. The lowest BCUT2D eigenvalue weighted by molar-refractivity contribution is -0.124. The Kier molecular flexibility index (Phi) is 6.23. The summed E-state index contributed by atoms with van der Waals surface area (Å²) in [5.74, 6) is 1.45. The minimum atomic E-state index is -0.191. The third kappa shape index (κ3) is 4.56. The molecule has 0 radical (unpaired) electrons. The molecule has 2 aromatic heterocycles. The van der Waals surface area contributed by atoms with Crippen LogP contribution in [0, 0.1) is 5.92 Å². The molecule has 3 heterocycles. The van der Waals surface area contributed by atoms with Crippen LogP contribution in [-0.2, 0) is 4.79 Å². The quantitative estimate of drug-likeness (QED) is 0.546. The molecule has 0 unspecified atom stereocenters. The second-order valence-electron chi connectivity index (χ2n) is 9.12. The van der Waals surface area contributed by atoms with Crippen molar-refractivity contribution in [1.29, 1.82) is 0 Å². The van der Waals surface area contributed by atoms with Crippen molar-refractivity contribution in [2.24, 2.45) is 5.92 Å². The Morgan fingerprint density at radius 1 is 1.03 bits per heavy atom. The van der Waals surface area contributed by atoms with Crippen LogP contribution in [0.2, 0.25) is 0 Å². The standard InChI is InChI=1S/C25H32N6O/c32-25(22(18-8-3-1-4-9-18)29-19-10-5-2-6-11-19)30-20-12-7-15-31(16-20)24-21-13-14-26-23(21)27-17-28-24/h2,5-6,10-11,13-14,17-18,20,22,29H,1,3-4,7-9,12,15-16H2,(H,30,32)(H,26,27,28)/t20-,22-/m1/s1. The molecule has 1 aromatic carbocycles. The van der Waals surface area contributed by atoms with Crippen LogP contribution in [-0.4, -0.2) is 46.0 Å². The minimum Gasteiger partial charge on any atom is -0.373 e. The normalized spacial score (nSPS) is 20.8.